The van der Waals surface area contributed by atoms with Gasteiger partial charge in [0.2, 0.25) is 18.2 Å². The SMILES string of the molecule is CC(C)c1ccc(N2CC(C)(c3nnco3)C2)c2cnc(Nc3ccnc(N4CC[C@@H](O)[C@@](C)(F)C4)n3)cc12. The number of anilines is 4. The van der Waals surface area contributed by atoms with Crippen LogP contribution in [0.2, 0.25) is 0 Å². The van der Waals surface area contributed by atoms with E-state index >= 15 is 0 Å². The lowest BCUT2D eigenvalue weighted by Crippen LogP contribution is -2.58. The molecule has 2 aliphatic heterocycles. The minimum atomic E-state index is -1.71. The number of alkyl halides is 1. The highest BCUT2D eigenvalue weighted by molar-refractivity contribution is 5.98. The number of pyridine rings is 1. The average molecular weight is 533 g/mol. The second kappa shape index (κ2) is 9.41. The van der Waals surface area contributed by atoms with Crippen molar-refractivity contribution >= 4 is 34.0 Å². The Labute approximate surface area is 226 Å². The summed E-state index contributed by atoms with van der Waals surface area (Å²) in [6.07, 6.45) is 4.27. The number of fused-ring (bicyclic) bond motifs is 1. The lowest BCUT2D eigenvalue weighted by molar-refractivity contribution is -0.00860. The molecule has 2 fully saturated rings. The van der Waals surface area contributed by atoms with Crippen molar-refractivity contribution in [3.8, 4) is 0 Å². The molecule has 1 aromatic carbocycles. The van der Waals surface area contributed by atoms with E-state index in [9.17, 15) is 9.50 Å². The van der Waals surface area contributed by atoms with E-state index in [1.54, 1.807) is 17.2 Å². The lowest BCUT2D eigenvalue weighted by atomic mass is 9.81. The Hall–Kier alpha value is -3.86. The Balaban J connectivity index is 1.27. The first kappa shape index (κ1) is 25.4. The summed E-state index contributed by atoms with van der Waals surface area (Å²) < 4.78 is 20.2. The van der Waals surface area contributed by atoms with E-state index in [0.29, 0.717) is 42.4 Å². The number of halogens is 1. The molecule has 3 aromatic heterocycles. The second-order valence-corrected chi connectivity index (χ2v) is 11.5. The molecular formula is C28H33FN8O2. The van der Waals surface area contributed by atoms with Crippen molar-refractivity contribution in [2.75, 3.05) is 41.3 Å². The molecule has 0 saturated carbocycles. The van der Waals surface area contributed by atoms with Gasteiger partial charge < -0.3 is 24.6 Å². The quantitative estimate of drug-likeness (QED) is 0.371. The summed E-state index contributed by atoms with van der Waals surface area (Å²) in [5.74, 6) is 2.64. The molecule has 0 radical (unpaired) electrons. The molecular weight excluding hydrogens is 499 g/mol. The van der Waals surface area contributed by atoms with Gasteiger partial charge in [0.25, 0.3) is 0 Å². The zero-order valence-electron chi connectivity index (χ0n) is 22.6. The van der Waals surface area contributed by atoms with Crippen LogP contribution in [0.1, 0.15) is 51.5 Å². The molecule has 11 heteroatoms. The van der Waals surface area contributed by atoms with Crippen LogP contribution >= 0.6 is 0 Å². The molecule has 2 saturated heterocycles. The maximum absolute atomic E-state index is 14.7. The highest BCUT2D eigenvalue weighted by atomic mass is 19.1. The molecule has 5 heterocycles. The summed E-state index contributed by atoms with van der Waals surface area (Å²) in [7, 11) is 0. The van der Waals surface area contributed by atoms with E-state index in [2.05, 4.69) is 69.4 Å². The molecule has 2 N–H and O–H groups in total. The fourth-order valence-corrected chi connectivity index (χ4v) is 5.64. The van der Waals surface area contributed by atoms with E-state index in [-0.39, 0.29) is 12.0 Å². The Morgan fingerprint density at radius 1 is 1.08 bits per heavy atom. The highest BCUT2D eigenvalue weighted by Crippen LogP contribution is 2.41. The van der Waals surface area contributed by atoms with E-state index in [4.69, 9.17) is 9.40 Å². The number of nitrogens with one attached hydrogen (secondary N) is 1. The van der Waals surface area contributed by atoms with Crippen molar-refractivity contribution in [3.63, 3.8) is 0 Å². The van der Waals surface area contributed by atoms with Crippen LogP contribution in [0.15, 0.2) is 47.5 Å². The molecule has 4 aromatic rings. The molecule has 0 aliphatic carbocycles. The summed E-state index contributed by atoms with van der Waals surface area (Å²) in [6.45, 7) is 10.00. The highest BCUT2D eigenvalue weighted by Gasteiger charge is 2.45. The van der Waals surface area contributed by atoms with Crippen molar-refractivity contribution in [1.82, 2.24) is 25.1 Å². The van der Waals surface area contributed by atoms with Crippen LogP contribution in [0.5, 0.6) is 0 Å². The molecule has 39 heavy (non-hydrogen) atoms. The zero-order chi connectivity index (χ0) is 27.4. The van der Waals surface area contributed by atoms with Gasteiger partial charge in [0.1, 0.15) is 11.6 Å². The van der Waals surface area contributed by atoms with Gasteiger partial charge in [-0.1, -0.05) is 19.9 Å². The fourth-order valence-electron chi connectivity index (χ4n) is 5.64. The third-order valence-electron chi connectivity index (χ3n) is 7.88. The van der Waals surface area contributed by atoms with Gasteiger partial charge in [-0.05, 0) is 55.3 Å². The first-order chi connectivity index (χ1) is 18.6. The molecule has 0 unspecified atom stereocenters. The van der Waals surface area contributed by atoms with Crippen molar-refractivity contribution in [1.29, 1.82) is 0 Å². The predicted molar refractivity (Wildman–Crippen MR) is 147 cm³/mol. The van der Waals surface area contributed by atoms with Gasteiger partial charge in [0, 0.05) is 43.1 Å². The summed E-state index contributed by atoms with van der Waals surface area (Å²) in [6, 6.07) is 8.19. The topological polar surface area (TPSA) is 116 Å². The normalized spacial score (nSPS) is 22.8. The fraction of sp³-hybridized carbons (Fsp3) is 0.464. The molecule has 2 aliphatic rings. The number of nitrogens with zero attached hydrogens (tertiary/aromatic N) is 7. The van der Waals surface area contributed by atoms with Crippen molar-refractivity contribution in [2.45, 2.75) is 57.2 Å². The number of rotatable bonds is 6. The van der Waals surface area contributed by atoms with E-state index in [1.165, 1.54) is 18.9 Å². The van der Waals surface area contributed by atoms with Crippen LogP contribution in [-0.2, 0) is 5.41 Å². The van der Waals surface area contributed by atoms with Gasteiger partial charge in [-0.15, -0.1) is 10.2 Å². The molecule has 2 atom stereocenters. The average Bonchev–Trinajstić information content (AvgIpc) is 3.43. The minimum Gasteiger partial charge on any atom is -0.427 e. The van der Waals surface area contributed by atoms with Crippen LogP contribution in [0, 0.1) is 0 Å². The Morgan fingerprint density at radius 2 is 1.90 bits per heavy atom. The standard InChI is InChI=1S/C28H33FN8O2/c1-17(2)18-5-6-21(37-13-27(3,14-37)25-35-32-16-39-25)20-12-31-24(11-19(18)20)33-23-7-9-30-26(34-23)36-10-8-22(38)28(4,29)15-36/h5-7,9,11-12,16-17,22,38H,8,10,13-15H2,1-4H3,(H,30,31,33,34)/t22-,28+/m1/s1. The smallest absolute Gasteiger partial charge is 0.227 e. The number of aliphatic hydroxyl groups is 1. The molecule has 0 amide bonds. The van der Waals surface area contributed by atoms with Gasteiger partial charge in [-0.25, -0.2) is 14.4 Å². The Bertz CT molecular complexity index is 1490. The number of piperidine rings is 1. The lowest BCUT2D eigenvalue weighted by Gasteiger charge is -2.47. The van der Waals surface area contributed by atoms with E-state index in [0.717, 1.165) is 29.5 Å². The first-order valence-corrected chi connectivity index (χ1v) is 13.3. The van der Waals surface area contributed by atoms with Gasteiger partial charge >= 0.3 is 0 Å². The van der Waals surface area contributed by atoms with Crippen LogP contribution in [0.4, 0.5) is 27.7 Å². The van der Waals surface area contributed by atoms with Crippen molar-refractivity contribution in [2.24, 2.45) is 0 Å². The van der Waals surface area contributed by atoms with Gasteiger partial charge in [-0.2, -0.15) is 4.98 Å². The predicted octanol–water partition coefficient (Wildman–Crippen LogP) is 4.35. The van der Waals surface area contributed by atoms with Crippen LogP contribution < -0.4 is 15.1 Å². The number of benzene rings is 1. The first-order valence-electron chi connectivity index (χ1n) is 13.3. The van der Waals surface area contributed by atoms with Crippen LogP contribution in [0.3, 0.4) is 0 Å². The van der Waals surface area contributed by atoms with Crippen LogP contribution in [0.25, 0.3) is 10.8 Å². The molecule has 6 rings (SSSR count). The zero-order valence-corrected chi connectivity index (χ0v) is 22.6. The van der Waals surface area contributed by atoms with E-state index in [1.807, 2.05) is 6.20 Å². The number of aromatic nitrogens is 5. The number of hydrogen-bond donors (Lipinski definition) is 2. The van der Waals surface area contributed by atoms with Crippen molar-refractivity contribution < 1.29 is 13.9 Å². The largest absolute Gasteiger partial charge is 0.427 e. The molecule has 204 valence electrons. The van der Waals surface area contributed by atoms with Crippen molar-refractivity contribution in [3.05, 3.63) is 54.5 Å². The summed E-state index contributed by atoms with van der Waals surface area (Å²) >= 11 is 0. The van der Waals surface area contributed by atoms with Gasteiger partial charge in [-0.3, -0.25) is 0 Å². The van der Waals surface area contributed by atoms with Gasteiger partial charge in [0.15, 0.2) is 5.67 Å². The monoisotopic (exact) mass is 532 g/mol. The number of aliphatic hydroxyl groups excluding tert-OH is 1. The number of hydrogen-bond acceptors (Lipinski definition) is 10. The van der Waals surface area contributed by atoms with Gasteiger partial charge in [0.05, 0.1) is 18.1 Å². The Kier molecular flexibility index (Phi) is 6.13. The summed E-state index contributed by atoms with van der Waals surface area (Å²) in [4.78, 5) is 17.8. The third-order valence-corrected chi connectivity index (χ3v) is 7.88. The van der Waals surface area contributed by atoms with Crippen LogP contribution in [-0.4, -0.2) is 68.2 Å². The Morgan fingerprint density at radius 3 is 2.62 bits per heavy atom. The summed E-state index contributed by atoms with van der Waals surface area (Å²) in [5, 5.41) is 23.4. The molecule has 0 spiro atoms. The third kappa shape index (κ3) is 4.64. The maximum atomic E-state index is 14.7. The summed E-state index contributed by atoms with van der Waals surface area (Å²) in [5.41, 5.74) is 0.466. The van der Waals surface area contributed by atoms with E-state index < -0.39 is 11.8 Å². The molecule has 10 nitrogen and oxygen atoms in total. The maximum Gasteiger partial charge on any atom is 0.227 e. The minimum absolute atomic E-state index is 0.0361. The molecule has 0 bridgehead atoms. The second-order valence-electron chi connectivity index (χ2n) is 11.5.